The van der Waals surface area contributed by atoms with Crippen molar-refractivity contribution in [3.8, 4) is 0 Å². The van der Waals surface area contributed by atoms with Crippen molar-refractivity contribution in [3.63, 3.8) is 0 Å². The molecule has 0 aromatic carbocycles. The number of hydrogen-bond donors (Lipinski definition) is 5. The van der Waals surface area contributed by atoms with Gasteiger partial charge in [0.25, 0.3) is 12.1 Å². The molecule has 0 bridgehead atoms. The molecule has 122 valence electrons. The van der Waals surface area contributed by atoms with Gasteiger partial charge in [-0.2, -0.15) is 4.57 Å². The van der Waals surface area contributed by atoms with Gasteiger partial charge >= 0.3 is 7.82 Å². The fourth-order valence-electron chi connectivity index (χ4n) is 2.08. The molecule has 1 amide bonds. The van der Waals surface area contributed by atoms with Gasteiger partial charge in [-0.1, -0.05) is 0 Å². The first kappa shape index (κ1) is 17.0. The van der Waals surface area contributed by atoms with E-state index in [-0.39, 0.29) is 5.56 Å². The first-order valence-corrected chi connectivity index (χ1v) is 7.74. The Morgan fingerprint density at radius 3 is 2.68 bits per heavy atom. The Hall–Kier alpha value is -1.39. The number of phosphoric ester groups is 1. The van der Waals surface area contributed by atoms with E-state index >= 15 is 0 Å². The molecule has 6 N–H and O–H groups in total. The van der Waals surface area contributed by atoms with Crippen molar-refractivity contribution >= 4 is 13.7 Å². The lowest BCUT2D eigenvalue weighted by Gasteiger charge is -2.13. The molecule has 2 heterocycles. The molecule has 1 aromatic heterocycles. The molecule has 1 aliphatic heterocycles. The molecule has 1 saturated heterocycles. The second-order valence-electron chi connectivity index (χ2n) is 4.74. The lowest BCUT2D eigenvalue weighted by Crippen LogP contribution is -2.46. The third kappa shape index (κ3) is 3.87. The van der Waals surface area contributed by atoms with E-state index in [0.29, 0.717) is 0 Å². The number of ether oxygens (including phenoxy) is 1. The Morgan fingerprint density at radius 2 is 2.09 bits per heavy atom. The number of aliphatic hydroxyl groups excluding tert-OH is 2. The third-order valence-corrected chi connectivity index (χ3v) is 3.63. The summed E-state index contributed by atoms with van der Waals surface area (Å²) in [5.41, 5.74) is 5.32. The molecule has 1 fully saturated rings. The van der Waals surface area contributed by atoms with E-state index in [0.717, 1.165) is 0 Å². The second-order valence-corrected chi connectivity index (χ2v) is 5.98. The fraction of sp³-hybridized carbons (Fsp3) is 0.455. The maximum atomic E-state index is 11.1. The summed E-state index contributed by atoms with van der Waals surface area (Å²) >= 11 is 0. The zero-order chi connectivity index (χ0) is 16.5. The number of hydrogen-bond acceptors (Lipinski definition) is 6. The van der Waals surface area contributed by atoms with Crippen molar-refractivity contribution < 1.29 is 43.2 Å². The topological polar surface area (TPSA) is 163 Å². The van der Waals surface area contributed by atoms with E-state index in [1.54, 1.807) is 0 Å². The van der Waals surface area contributed by atoms with E-state index in [2.05, 4.69) is 4.52 Å². The van der Waals surface area contributed by atoms with Crippen LogP contribution in [0.25, 0.3) is 0 Å². The van der Waals surface area contributed by atoms with Gasteiger partial charge in [-0.25, -0.2) is 4.57 Å². The van der Waals surface area contributed by atoms with E-state index in [1.807, 2.05) is 0 Å². The molecule has 10 nitrogen and oxygen atoms in total. The standard InChI is InChI=1S/C11H15N2O8P/c12-10(16)6-2-1-3-13(4-6)11-9(15)8(14)7(21-11)5-20-22(17,18)19/h1-4,7-9,11,14-15H,5H2,(H3-,12,16,17,18,19)/p+1/t7-,8-,9-,11?/m1/s1. The molecule has 22 heavy (non-hydrogen) atoms. The number of carbonyl (C=O) groups excluding carboxylic acids is 1. The highest BCUT2D eigenvalue weighted by atomic mass is 31.2. The average molecular weight is 335 g/mol. The number of primary amides is 1. The number of pyridine rings is 1. The first-order valence-electron chi connectivity index (χ1n) is 6.21. The van der Waals surface area contributed by atoms with Crippen molar-refractivity contribution in [2.24, 2.45) is 5.73 Å². The monoisotopic (exact) mass is 335 g/mol. The van der Waals surface area contributed by atoms with E-state index in [1.165, 1.54) is 29.1 Å². The van der Waals surface area contributed by atoms with Crippen molar-refractivity contribution in [3.05, 3.63) is 30.1 Å². The van der Waals surface area contributed by atoms with Gasteiger partial charge in [0.1, 0.15) is 17.8 Å². The Labute approximate surface area is 124 Å². The Balaban J connectivity index is 2.14. The van der Waals surface area contributed by atoms with Crippen LogP contribution in [-0.2, 0) is 13.8 Å². The minimum absolute atomic E-state index is 0.169. The summed E-state index contributed by atoms with van der Waals surface area (Å²) in [6, 6.07) is 2.97. The summed E-state index contributed by atoms with van der Waals surface area (Å²) in [5.74, 6) is -0.677. The summed E-state index contributed by atoms with van der Waals surface area (Å²) < 4.78 is 21.6. The average Bonchev–Trinajstić information content (AvgIpc) is 2.72. The molecule has 0 radical (unpaired) electrons. The van der Waals surface area contributed by atoms with Crippen LogP contribution in [0.5, 0.6) is 0 Å². The summed E-state index contributed by atoms with van der Waals surface area (Å²) in [4.78, 5) is 28.4. The minimum Gasteiger partial charge on any atom is -0.387 e. The van der Waals surface area contributed by atoms with Crippen LogP contribution in [0.2, 0.25) is 0 Å². The minimum atomic E-state index is -4.72. The highest BCUT2D eigenvalue weighted by molar-refractivity contribution is 7.46. The lowest BCUT2D eigenvalue weighted by molar-refractivity contribution is -0.765. The number of nitrogens with two attached hydrogens (primary N) is 1. The number of carbonyl (C=O) groups is 1. The number of rotatable bonds is 5. The molecule has 0 spiro atoms. The predicted octanol–water partition coefficient (Wildman–Crippen LogP) is -2.20. The number of amides is 1. The number of nitrogens with zero attached hydrogens (tertiary/aromatic N) is 1. The number of aliphatic hydroxyl groups is 2. The summed E-state index contributed by atoms with van der Waals surface area (Å²) in [7, 11) is -4.72. The maximum absolute atomic E-state index is 11.1. The van der Waals surface area contributed by atoms with Gasteiger partial charge in [0.15, 0.2) is 18.5 Å². The molecular weight excluding hydrogens is 319 g/mol. The van der Waals surface area contributed by atoms with Gasteiger partial charge < -0.3 is 30.5 Å². The second kappa shape index (κ2) is 6.39. The highest BCUT2D eigenvalue weighted by Gasteiger charge is 2.48. The van der Waals surface area contributed by atoms with Gasteiger partial charge in [0.05, 0.1) is 6.61 Å². The zero-order valence-corrected chi connectivity index (χ0v) is 12.1. The molecule has 4 atom stereocenters. The van der Waals surface area contributed by atoms with Crippen LogP contribution < -0.4 is 10.3 Å². The zero-order valence-electron chi connectivity index (χ0n) is 11.2. The van der Waals surface area contributed by atoms with Crippen molar-refractivity contribution in [2.45, 2.75) is 24.5 Å². The van der Waals surface area contributed by atoms with Crippen LogP contribution in [0, 0.1) is 0 Å². The first-order chi connectivity index (χ1) is 10.2. The van der Waals surface area contributed by atoms with Gasteiger partial charge in [0, 0.05) is 6.07 Å². The van der Waals surface area contributed by atoms with E-state index in [4.69, 9.17) is 20.3 Å². The van der Waals surface area contributed by atoms with Crippen LogP contribution in [0.15, 0.2) is 24.5 Å². The molecule has 1 aromatic rings. The van der Waals surface area contributed by atoms with Crippen LogP contribution in [0.1, 0.15) is 16.6 Å². The van der Waals surface area contributed by atoms with Crippen molar-refractivity contribution in [2.75, 3.05) is 6.61 Å². The molecule has 11 heteroatoms. The molecule has 1 aliphatic rings. The normalized spacial score (nSPS) is 28.7. The highest BCUT2D eigenvalue weighted by Crippen LogP contribution is 2.37. The predicted molar refractivity (Wildman–Crippen MR) is 69.1 cm³/mol. The fourth-order valence-corrected chi connectivity index (χ4v) is 2.42. The number of aromatic nitrogens is 1. The third-order valence-electron chi connectivity index (χ3n) is 3.14. The van der Waals surface area contributed by atoms with E-state index < -0.39 is 44.9 Å². The van der Waals surface area contributed by atoms with Gasteiger partial charge in [-0.15, -0.1) is 0 Å². The molecule has 2 rings (SSSR count). The smallest absolute Gasteiger partial charge is 0.387 e. The van der Waals surface area contributed by atoms with Crippen molar-refractivity contribution in [1.82, 2.24) is 0 Å². The molecule has 0 aliphatic carbocycles. The summed E-state index contributed by atoms with van der Waals surface area (Å²) in [6.07, 6.45) is -2.18. The van der Waals surface area contributed by atoms with Gasteiger partial charge in [-0.3, -0.25) is 9.32 Å². The lowest BCUT2D eigenvalue weighted by atomic mass is 10.1. The van der Waals surface area contributed by atoms with Crippen molar-refractivity contribution in [1.29, 1.82) is 0 Å². The Morgan fingerprint density at radius 1 is 1.41 bits per heavy atom. The largest absolute Gasteiger partial charge is 0.469 e. The van der Waals surface area contributed by atoms with Crippen LogP contribution in [0.4, 0.5) is 0 Å². The Bertz CT molecular complexity index is 606. The molecule has 0 saturated carbocycles. The van der Waals surface area contributed by atoms with Gasteiger partial charge in [-0.05, 0) is 6.07 Å². The summed E-state index contributed by atoms with van der Waals surface area (Å²) in [6.45, 7) is -0.602. The van der Waals surface area contributed by atoms with E-state index in [9.17, 15) is 19.6 Å². The van der Waals surface area contributed by atoms with Crippen LogP contribution in [-0.4, -0.2) is 50.8 Å². The number of phosphoric acid groups is 1. The Kier molecular flexibility index (Phi) is 4.93. The van der Waals surface area contributed by atoms with Crippen LogP contribution >= 0.6 is 7.82 Å². The quantitative estimate of drug-likeness (QED) is 0.299. The van der Waals surface area contributed by atoms with Gasteiger partial charge in [0.2, 0.25) is 0 Å². The summed E-state index contributed by atoms with van der Waals surface area (Å²) in [5, 5.41) is 19.8. The molecule has 1 unspecified atom stereocenters. The molecular formula is C11H16N2O8P+. The maximum Gasteiger partial charge on any atom is 0.469 e. The SMILES string of the molecule is NC(=O)c1ccc[n+](C2O[C@H](COP(=O)(O)O)[C@@H](O)[C@H]2O)c1. The van der Waals surface area contributed by atoms with Crippen LogP contribution in [0.3, 0.4) is 0 Å².